The Morgan fingerprint density at radius 3 is 2.46 bits per heavy atom. The molecule has 3 aliphatic rings. The zero-order valence-electron chi connectivity index (χ0n) is 21.2. The van der Waals surface area contributed by atoms with E-state index in [9.17, 15) is 9.90 Å². The molecule has 0 aliphatic carbocycles. The largest absolute Gasteiger partial charge is 0.506 e. The van der Waals surface area contributed by atoms with E-state index in [1.54, 1.807) is 30.2 Å². The molecular formula is C28H38N4O3. The molecule has 35 heavy (non-hydrogen) atoms. The van der Waals surface area contributed by atoms with E-state index in [2.05, 4.69) is 33.3 Å². The van der Waals surface area contributed by atoms with Crippen molar-refractivity contribution in [2.75, 3.05) is 62.7 Å². The van der Waals surface area contributed by atoms with Crippen LogP contribution in [-0.4, -0.2) is 68.8 Å². The van der Waals surface area contributed by atoms with E-state index < -0.39 is 5.41 Å². The summed E-state index contributed by atoms with van der Waals surface area (Å²) in [5, 5.41) is 13.9. The number of nitrogens with zero attached hydrogens (tertiary/aromatic N) is 3. The molecule has 188 valence electrons. The van der Waals surface area contributed by atoms with Crippen LogP contribution in [0, 0.1) is 11.3 Å². The van der Waals surface area contributed by atoms with E-state index in [1.165, 1.54) is 25.1 Å². The summed E-state index contributed by atoms with van der Waals surface area (Å²) >= 11 is 0. The van der Waals surface area contributed by atoms with Crippen molar-refractivity contribution in [1.29, 1.82) is 0 Å². The predicted octanol–water partition coefficient (Wildman–Crippen LogP) is 3.64. The number of aromatic hydroxyl groups is 1. The van der Waals surface area contributed by atoms with Gasteiger partial charge in [0.15, 0.2) is 0 Å². The van der Waals surface area contributed by atoms with Crippen LogP contribution in [-0.2, 0) is 4.79 Å². The van der Waals surface area contributed by atoms with Crippen LogP contribution in [0.4, 0.5) is 11.4 Å². The first kappa shape index (κ1) is 23.9. The van der Waals surface area contributed by atoms with Gasteiger partial charge in [-0.3, -0.25) is 9.69 Å². The number of para-hydroxylation sites is 2. The Morgan fingerprint density at radius 2 is 1.77 bits per heavy atom. The summed E-state index contributed by atoms with van der Waals surface area (Å²) in [7, 11) is 1.69. The number of anilines is 2. The number of nitrogens with one attached hydrogen (secondary N) is 1. The zero-order chi connectivity index (χ0) is 24.6. The van der Waals surface area contributed by atoms with E-state index >= 15 is 0 Å². The SMILES string of the molecule is COc1cc(N2CCC(CN3CCNCC3)CC2)ccc1[C@@H]1N(c2ccccc2O)C(=O)C1(C)C. The molecule has 2 aromatic carbocycles. The van der Waals surface area contributed by atoms with Crippen molar-refractivity contribution in [2.24, 2.45) is 11.3 Å². The van der Waals surface area contributed by atoms with Gasteiger partial charge in [0.05, 0.1) is 24.3 Å². The smallest absolute Gasteiger partial charge is 0.235 e. The molecule has 0 saturated carbocycles. The minimum Gasteiger partial charge on any atom is -0.506 e. The number of phenols is 1. The topological polar surface area (TPSA) is 68.3 Å². The number of carbonyl (C=O) groups is 1. The van der Waals surface area contributed by atoms with Crippen molar-refractivity contribution in [3.8, 4) is 11.5 Å². The van der Waals surface area contributed by atoms with Gasteiger partial charge in [0, 0.05) is 63.1 Å². The Labute approximate surface area is 208 Å². The summed E-state index contributed by atoms with van der Waals surface area (Å²) in [6, 6.07) is 13.2. The number of β-lactam (4-membered cyclic amide) rings is 1. The number of hydrogen-bond acceptors (Lipinski definition) is 6. The minimum absolute atomic E-state index is 0.00156. The van der Waals surface area contributed by atoms with Crippen LogP contribution in [0.2, 0.25) is 0 Å². The van der Waals surface area contributed by atoms with E-state index in [-0.39, 0.29) is 17.7 Å². The van der Waals surface area contributed by atoms with Crippen LogP contribution in [0.25, 0.3) is 0 Å². The summed E-state index contributed by atoms with van der Waals surface area (Å²) in [6.07, 6.45) is 2.42. The number of methoxy groups -OCH3 is 1. The third-order valence-electron chi connectivity index (χ3n) is 8.07. The molecule has 3 fully saturated rings. The fraction of sp³-hybridized carbons (Fsp3) is 0.536. The van der Waals surface area contributed by atoms with Gasteiger partial charge in [-0.2, -0.15) is 0 Å². The molecule has 2 aromatic rings. The second kappa shape index (κ2) is 9.70. The second-order valence-electron chi connectivity index (χ2n) is 10.7. The molecular weight excluding hydrogens is 440 g/mol. The number of rotatable bonds is 6. The molecule has 0 spiro atoms. The van der Waals surface area contributed by atoms with Crippen LogP contribution < -0.4 is 19.9 Å². The molecule has 3 saturated heterocycles. The lowest BCUT2D eigenvalue weighted by Crippen LogP contribution is -2.61. The average Bonchev–Trinajstić information content (AvgIpc) is 2.88. The third kappa shape index (κ3) is 4.47. The molecule has 7 heteroatoms. The highest BCUT2D eigenvalue weighted by atomic mass is 16.5. The Morgan fingerprint density at radius 1 is 1.06 bits per heavy atom. The summed E-state index contributed by atoms with van der Waals surface area (Å²) in [5.41, 5.74) is 2.10. The van der Waals surface area contributed by atoms with E-state index in [1.807, 2.05) is 19.9 Å². The van der Waals surface area contributed by atoms with Gasteiger partial charge in [-0.15, -0.1) is 0 Å². The number of ether oxygens (including phenoxy) is 1. The number of piperidine rings is 1. The summed E-state index contributed by atoms with van der Waals surface area (Å²) in [4.78, 5) is 19.8. The van der Waals surface area contributed by atoms with Gasteiger partial charge in [-0.05, 0) is 50.8 Å². The standard InChI is InChI=1S/C28H38N4O3/c1-28(2)26(32(27(28)34)23-6-4-5-7-24(23)33)22-9-8-21(18-25(22)35-3)31-14-10-20(11-15-31)19-30-16-12-29-13-17-30/h4-9,18,20,26,29,33H,10-17,19H2,1-3H3/t26-/m0/s1. The van der Waals surface area contributed by atoms with Crippen LogP contribution >= 0.6 is 0 Å². The molecule has 3 heterocycles. The van der Waals surface area contributed by atoms with Crippen LogP contribution in [0.15, 0.2) is 42.5 Å². The maximum atomic E-state index is 13.1. The number of phenolic OH excluding ortho intramolecular Hbond substituents is 1. The highest BCUT2D eigenvalue weighted by Gasteiger charge is 2.56. The van der Waals surface area contributed by atoms with Crippen molar-refractivity contribution in [3.05, 3.63) is 48.0 Å². The Bertz CT molecular complexity index is 1060. The Hall–Kier alpha value is -2.77. The molecule has 1 atom stereocenters. The number of amides is 1. The zero-order valence-corrected chi connectivity index (χ0v) is 21.2. The molecule has 0 bridgehead atoms. The summed E-state index contributed by atoms with van der Waals surface area (Å²) < 4.78 is 5.86. The van der Waals surface area contributed by atoms with E-state index in [0.717, 1.165) is 56.5 Å². The molecule has 2 N–H and O–H groups in total. The van der Waals surface area contributed by atoms with Gasteiger partial charge in [0.25, 0.3) is 0 Å². The van der Waals surface area contributed by atoms with Gasteiger partial charge in [-0.1, -0.05) is 18.2 Å². The molecule has 5 rings (SSSR count). The number of piperazine rings is 1. The molecule has 0 aromatic heterocycles. The highest BCUT2D eigenvalue weighted by Crippen LogP contribution is 2.55. The summed E-state index contributed by atoms with van der Waals surface area (Å²) in [6.45, 7) is 11.8. The van der Waals surface area contributed by atoms with Crippen molar-refractivity contribution in [3.63, 3.8) is 0 Å². The maximum absolute atomic E-state index is 13.1. The van der Waals surface area contributed by atoms with Crippen LogP contribution in [0.3, 0.4) is 0 Å². The number of hydrogen-bond donors (Lipinski definition) is 2. The quantitative estimate of drug-likeness (QED) is 0.618. The Kier molecular flexibility index (Phi) is 6.64. The molecule has 0 unspecified atom stereocenters. The summed E-state index contributed by atoms with van der Waals surface area (Å²) in [5.74, 6) is 1.66. The van der Waals surface area contributed by atoms with Crippen LogP contribution in [0.1, 0.15) is 38.3 Å². The average molecular weight is 479 g/mol. The van der Waals surface area contributed by atoms with Gasteiger partial charge >= 0.3 is 0 Å². The number of benzene rings is 2. The first-order valence-corrected chi connectivity index (χ1v) is 12.9. The van der Waals surface area contributed by atoms with Gasteiger partial charge < -0.3 is 25.0 Å². The monoisotopic (exact) mass is 478 g/mol. The molecule has 1 amide bonds. The van der Waals surface area contributed by atoms with Gasteiger partial charge in [-0.25, -0.2) is 0 Å². The predicted molar refractivity (Wildman–Crippen MR) is 139 cm³/mol. The van der Waals surface area contributed by atoms with Crippen molar-refractivity contribution in [1.82, 2.24) is 10.2 Å². The first-order chi connectivity index (χ1) is 16.9. The fourth-order valence-corrected chi connectivity index (χ4v) is 6.00. The lowest BCUT2D eigenvalue weighted by Gasteiger charge is -2.53. The maximum Gasteiger partial charge on any atom is 0.235 e. The van der Waals surface area contributed by atoms with Crippen LogP contribution in [0.5, 0.6) is 11.5 Å². The normalized spacial score (nSPS) is 23.3. The first-order valence-electron chi connectivity index (χ1n) is 12.9. The number of carbonyl (C=O) groups excluding carboxylic acids is 1. The van der Waals surface area contributed by atoms with E-state index in [4.69, 9.17) is 4.74 Å². The van der Waals surface area contributed by atoms with Gasteiger partial charge in [0.2, 0.25) is 5.91 Å². The molecule has 3 aliphatic heterocycles. The van der Waals surface area contributed by atoms with E-state index in [0.29, 0.717) is 5.69 Å². The third-order valence-corrected chi connectivity index (χ3v) is 8.07. The lowest BCUT2D eigenvalue weighted by atomic mass is 9.70. The second-order valence-corrected chi connectivity index (χ2v) is 10.7. The van der Waals surface area contributed by atoms with Crippen molar-refractivity contribution in [2.45, 2.75) is 32.7 Å². The molecule has 7 nitrogen and oxygen atoms in total. The van der Waals surface area contributed by atoms with Gasteiger partial charge in [0.1, 0.15) is 11.5 Å². The highest BCUT2D eigenvalue weighted by molar-refractivity contribution is 6.06. The Balaban J connectivity index is 1.32. The fourth-order valence-electron chi connectivity index (χ4n) is 6.00. The minimum atomic E-state index is -0.584. The van der Waals surface area contributed by atoms with Crippen molar-refractivity contribution >= 4 is 17.3 Å². The molecule has 0 radical (unpaired) electrons. The van der Waals surface area contributed by atoms with Crippen molar-refractivity contribution < 1.29 is 14.6 Å². The lowest BCUT2D eigenvalue weighted by molar-refractivity contribution is -0.137.